The molecule has 28 heavy (non-hydrogen) atoms. The molecule has 1 N–H and O–H groups in total. The average Bonchev–Trinajstić information content (AvgIpc) is 2.74. The van der Waals surface area contributed by atoms with E-state index >= 15 is 0 Å². The van der Waals surface area contributed by atoms with Crippen molar-refractivity contribution in [1.82, 2.24) is 15.3 Å². The van der Waals surface area contributed by atoms with E-state index in [9.17, 15) is 9.18 Å². The first-order valence-electron chi connectivity index (χ1n) is 9.88. The predicted octanol–water partition coefficient (Wildman–Crippen LogP) is 4.86. The van der Waals surface area contributed by atoms with Crippen molar-refractivity contribution in [2.75, 3.05) is 0 Å². The van der Waals surface area contributed by atoms with Crippen LogP contribution in [0.5, 0.6) is 0 Å². The van der Waals surface area contributed by atoms with E-state index in [1.807, 2.05) is 18.3 Å². The van der Waals surface area contributed by atoms with E-state index in [-0.39, 0.29) is 17.8 Å². The number of carbonyl (C=O) groups is 1. The fourth-order valence-electron chi connectivity index (χ4n) is 4.32. The highest BCUT2D eigenvalue weighted by molar-refractivity contribution is 5.92. The van der Waals surface area contributed by atoms with Crippen LogP contribution in [0, 0.1) is 11.7 Å². The Bertz CT molecular complexity index is 968. The minimum atomic E-state index is -0.221. The van der Waals surface area contributed by atoms with E-state index in [1.54, 1.807) is 30.5 Å². The number of benzene rings is 1. The van der Waals surface area contributed by atoms with Gasteiger partial charge in [0.1, 0.15) is 11.5 Å². The van der Waals surface area contributed by atoms with E-state index in [0.717, 1.165) is 36.6 Å². The zero-order valence-corrected chi connectivity index (χ0v) is 15.9. The fourth-order valence-corrected chi connectivity index (χ4v) is 4.32. The van der Waals surface area contributed by atoms with Gasteiger partial charge in [0.2, 0.25) is 0 Å². The van der Waals surface area contributed by atoms with Crippen LogP contribution < -0.4 is 5.32 Å². The van der Waals surface area contributed by atoms with E-state index in [2.05, 4.69) is 22.2 Å². The summed E-state index contributed by atoms with van der Waals surface area (Å²) in [5, 5.41) is 4.02. The number of aromatic nitrogens is 2. The lowest BCUT2D eigenvalue weighted by molar-refractivity contribution is 0.0912. The zero-order chi connectivity index (χ0) is 19.5. The Balaban J connectivity index is 1.41. The number of amides is 1. The smallest absolute Gasteiger partial charge is 0.270 e. The van der Waals surface area contributed by atoms with Gasteiger partial charge in [-0.3, -0.25) is 14.8 Å². The van der Waals surface area contributed by atoms with Crippen LogP contribution in [0.15, 0.2) is 54.9 Å². The highest BCUT2D eigenvalue weighted by Gasteiger charge is 2.28. The van der Waals surface area contributed by atoms with Gasteiger partial charge in [-0.1, -0.05) is 6.07 Å². The van der Waals surface area contributed by atoms with Crippen molar-refractivity contribution in [3.8, 4) is 0 Å². The van der Waals surface area contributed by atoms with E-state index < -0.39 is 0 Å². The summed E-state index contributed by atoms with van der Waals surface area (Å²) in [4.78, 5) is 20.8. The van der Waals surface area contributed by atoms with Crippen molar-refractivity contribution in [3.05, 3.63) is 71.9 Å². The molecule has 1 saturated carbocycles. The standard InChI is InChI=1S/C23H24FN3O/c1-15(27-23(28)22-4-2-3-12-25-22)16-5-7-17(8-6-16)19-11-13-26-21-10-9-18(24)14-20(19)21/h2-4,9-17H,5-8H2,1H3,(H,27,28)/t15-,16-,17-/m1/s1. The normalized spacial score (nSPS) is 20.6. The summed E-state index contributed by atoms with van der Waals surface area (Å²) in [6.45, 7) is 2.07. The molecule has 1 aromatic carbocycles. The molecule has 3 aromatic rings. The van der Waals surface area contributed by atoms with E-state index in [0.29, 0.717) is 17.5 Å². The predicted molar refractivity (Wildman–Crippen MR) is 108 cm³/mol. The van der Waals surface area contributed by atoms with Gasteiger partial charge < -0.3 is 5.32 Å². The number of nitrogens with zero attached hydrogens (tertiary/aromatic N) is 2. The Labute approximate surface area is 164 Å². The lowest BCUT2D eigenvalue weighted by Gasteiger charge is -2.33. The van der Waals surface area contributed by atoms with Crippen molar-refractivity contribution >= 4 is 16.8 Å². The summed E-state index contributed by atoms with van der Waals surface area (Å²) in [6.07, 6.45) is 7.58. The Hall–Kier alpha value is -2.82. The third-order valence-corrected chi connectivity index (χ3v) is 5.91. The summed E-state index contributed by atoms with van der Waals surface area (Å²) in [7, 11) is 0. The van der Waals surface area contributed by atoms with Gasteiger partial charge in [0.05, 0.1) is 5.52 Å². The summed E-state index contributed by atoms with van der Waals surface area (Å²) in [5.74, 6) is 0.503. The quantitative estimate of drug-likeness (QED) is 0.706. The van der Waals surface area contributed by atoms with Crippen molar-refractivity contribution in [3.63, 3.8) is 0 Å². The van der Waals surface area contributed by atoms with E-state index in [1.165, 1.54) is 11.6 Å². The number of halogens is 1. The molecule has 0 spiro atoms. The highest BCUT2D eigenvalue weighted by Crippen LogP contribution is 2.39. The van der Waals surface area contributed by atoms with Gasteiger partial charge in [-0.15, -0.1) is 0 Å². The molecule has 0 bridgehead atoms. The number of pyridine rings is 2. The number of hydrogen-bond acceptors (Lipinski definition) is 3. The average molecular weight is 377 g/mol. The fraction of sp³-hybridized carbons (Fsp3) is 0.348. The largest absolute Gasteiger partial charge is 0.348 e. The van der Waals surface area contributed by atoms with Crippen molar-refractivity contribution in [2.45, 2.75) is 44.6 Å². The summed E-state index contributed by atoms with van der Waals surface area (Å²) >= 11 is 0. The van der Waals surface area contributed by atoms with Gasteiger partial charge >= 0.3 is 0 Å². The molecular formula is C23H24FN3O. The van der Waals surface area contributed by atoms with Crippen LogP contribution in [-0.4, -0.2) is 21.9 Å². The third kappa shape index (κ3) is 3.88. The molecule has 1 aliphatic rings. The number of carbonyl (C=O) groups excluding carboxylic acids is 1. The van der Waals surface area contributed by atoms with Crippen LogP contribution in [0.1, 0.15) is 54.6 Å². The molecule has 0 saturated heterocycles. The van der Waals surface area contributed by atoms with Gasteiger partial charge in [0.15, 0.2) is 0 Å². The molecule has 144 valence electrons. The maximum atomic E-state index is 13.7. The lowest BCUT2D eigenvalue weighted by atomic mass is 9.75. The second-order valence-corrected chi connectivity index (χ2v) is 7.65. The summed E-state index contributed by atoms with van der Waals surface area (Å²) in [6, 6.07) is 12.3. The van der Waals surface area contributed by atoms with Gasteiger partial charge in [0, 0.05) is 23.8 Å². The van der Waals surface area contributed by atoms with Crippen LogP contribution in [-0.2, 0) is 0 Å². The second-order valence-electron chi connectivity index (χ2n) is 7.65. The van der Waals surface area contributed by atoms with Crippen molar-refractivity contribution < 1.29 is 9.18 Å². The maximum absolute atomic E-state index is 13.7. The van der Waals surface area contributed by atoms with Crippen LogP contribution in [0.3, 0.4) is 0 Å². The van der Waals surface area contributed by atoms with Crippen LogP contribution >= 0.6 is 0 Å². The van der Waals surface area contributed by atoms with Gasteiger partial charge in [-0.2, -0.15) is 0 Å². The minimum Gasteiger partial charge on any atom is -0.348 e. The monoisotopic (exact) mass is 377 g/mol. The van der Waals surface area contributed by atoms with Gasteiger partial charge in [-0.25, -0.2) is 4.39 Å². The number of nitrogens with one attached hydrogen (secondary N) is 1. The Morgan fingerprint density at radius 2 is 1.89 bits per heavy atom. The molecule has 4 rings (SSSR count). The first kappa shape index (κ1) is 18.5. The van der Waals surface area contributed by atoms with Crippen molar-refractivity contribution in [1.29, 1.82) is 0 Å². The SMILES string of the molecule is C[C@@H](NC(=O)c1ccccn1)[C@H]1CC[C@H](c2ccnc3ccc(F)cc32)CC1. The second kappa shape index (κ2) is 8.05. The molecule has 1 atom stereocenters. The molecule has 2 heterocycles. The Morgan fingerprint density at radius 3 is 2.64 bits per heavy atom. The highest BCUT2D eigenvalue weighted by atomic mass is 19.1. The van der Waals surface area contributed by atoms with Crippen LogP contribution in [0.2, 0.25) is 0 Å². The van der Waals surface area contributed by atoms with Crippen molar-refractivity contribution in [2.24, 2.45) is 5.92 Å². The van der Waals surface area contributed by atoms with Gasteiger partial charge in [-0.05, 0) is 86.4 Å². The number of fused-ring (bicyclic) bond motifs is 1. The molecule has 5 heteroatoms. The third-order valence-electron chi connectivity index (χ3n) is 5.91. The molecule has 4 nitrogen and oxygen atoms in total. The molecule has 0 radical (unpaired) electrons. The molecular weight excluding hydrogens is 353 g/mol. The Morgan fingerprint density at radius 1 is 1.07 bits per heavy atom. The lowest BCUT2D eigenvalue weighted by Crippen LogP contribution is -2.39. The summed E-state index contributed by atoms with van der Waals surface area (Å²) < 4.78 is 13.7. The molecule has 1 fully saturated rings. The Kier molecular flexibility index (Phi) is 5.33. The first-order chi connectivity index (χ1) is 13.6. The van der Waals surface area contributed by atoms with Crippen LogP contribution in [0.4, 0.5) is 4.39 Å². The zero-order valence-electron chi connectivity index (χ0n) is 15.9. The first-order valence-corrected chi connectivity index (χ1v) is 9.88. The van der Waals surface area contributed by atoms with Crippen LogP contribution in [0.25, 0.3) is 10.9 Å². The molecule has 1 amide bonds. The topological polar surface area (TPSA) is 54.9 Å². The molecule has 1 aliphatic carbocycles. The number of rotatable bonds is 4. The molecule has 0 aliphatic heterocycles. The summed E-state index contributed by atoms with van der Waals surface area (Å²) in [5.41, 5.74) is 2.48. The van der Waals surface area contributed by atoms with E-state index in [4.69, 9.17) is 0 Å². The number of hydrogen-bond donors (Lipinski definition) is 1. The molecule has 2 aromatic heterocycles. The molecule has 0 unspecified atom stereocenters. The van der Waals surface area contributed by atoms with Gasteiger partial charge in [0.25, 0.3) is 5.91 Å². The maximum Gasteiger partial charge on any atom is 0.270 e. The minimum absolute atomic E-state index is 0.0992.